The van der Waals surface area contributed by atoms with Gasteiger partial charge in [0, 0.05) is 74.8 Å². The van der Waals surface area contributed by atoms with E-state index in [0.717, 1.165) is 36.0 Å². The van der Waals surface area contributed by atoms with Crippen LogP contribution in [-0.2, 0) is 6.54 Å². The Bertz CT molecular complexity index is 1240. The lowest BCUT2D eigenvalue weighted by molar-refractivity contribution is 0.0664. The molecule has 3 heterocycles. The molecule has 2 aliphatic heterocycles. The standard InChI is InChI=1S/C26H26F3N5O/c1-32-8-10-33(11-9-32)26(35)18-4-2-17(3-5-18)19-13-24-25(31-15-19)30-6-7-34(24)16-20-12-22(28)23(29)14-21(20)27/h2-5,12-15H,6-11,16H2,1H3,(H,30,31). The first kappa shape index (κ1) is 23.2. The fourth-order valence-corrected chi connectivity index (χ4v) is 4.47. The number of rotatable bonds is 4. The maximum Gasteiger partial charge on any atom is 0.253 e. The largest absolute Gasteiger partial charge is 0.367 e. The van der Waals surface area contributed by atoms with Gasteiger partial charge >= 0.3 is 0 Å². The SMILES string of the molecule is CN1CCN(C(=O)c2ccc(-c3cnc4c(c3)N(Cc3cc(F)c(F)cc3F)CCN4)cc2)CC1. The third kappa shape index (κ3) is 4.81. The molecule has 0 aliphatic carbocycles. The van der Waals surface area contributed by atoms with Crippen molar-refractivity contribution in [3.63, 3.8) is 0 Å². The number of piperazine rings is 1. The van der Waals surface area contributed by atoms with Crippen molar-refractivity contribution < 1.29 is 18.0 Å². The van der Waals surface area contributed by atoms with Crippen LogP contribution in [0.15, 0.2) is 48.7 Å². The summed E-state index contributed by atoms with van der Waals surface area (Å²) in [5.41, 5.74) is 3.19. The zero-order valence-electron chi connectivity index (χ0n) is 19.4. The number of anilines is 2. The van der Waals surface area contributed by atoms with Crippen LogP contribution in [0, 0.1) is 17.5 Å². The number of carbonyl (C=O) groups excluding carboxylic acids is 1. The molecule has 1 saturated heterocycles. The van der Waals surface area contributed by atoms with Crippen molar-refractivity contribution in [1.82, 2.24) is 14.8 Å². The molecule has 35 heavy (non-hydrogen) atoms. The number of aromatic nitrogens is 1. The Kier molecular flexibility index (Phi) is 6.34. The van der Waals surface area contributed by atoms with Crippen LogP contribution in [0.3, 0.4) is 0 Å². The Balaban J connectivity index is 1.37. The molecule has 1 amide bonds. The minimum absolute atomic E-state index is 0.0251. The number of benzene rings is 2. The Labute approximate surface area is 202 Å². The molecule has 1 N–H and O–H groups in total. The number of hydrogen-bond donors (Lipinski definition) is 1. The molecule has 1 aromatic heterocycles. The fraction of sp³-hybridized carbons (Fsp3) is 0.308. The van der Waals surface area contributed by atoms with Crippen molar-refractivity contribution >= 4 is 17.4 Å². The van der Waals surface area contributed by atoms with Crippen molar-refractivity contribution in [2.75, 3.05) is 56.5 Å². The van der Waals surface area contributed by atoms with Gasteiger partial charge in [0.15, 0.2) is 11.6 Å². The van der Waals surface area contributed by atoms with E-state index in [1.807, 2.05) is 47.2 Å². The van der Waals surface area contributed by atoms with E-state index in [0.29, 0.717) is 43.6 Å². The highest BCUT2D eigenvalue weighted by Gasteiger charge is 2.22. The van der Waals surface area contributed by atoms with Crippen molar-refractivity contribution in [2.24, 2.45) is 0 Å². The van der Waals surface area contributed by atoms with Gasteiger partial charge in [0.25, 0.3) is 5.91 Å². The molecule has 5 rings (SSSR count). The monoisotopic (exact) mass is 481 g/mol. The number of amides is 1. The maximum absolute atomic E-state index is 14.3. The number of likely N-dealkylation sites (N-methyl/N-ethyl adjacent to an activating group) is 1. The number of fused-ring (bicyclic) bond motifs is 1. The smallest absolute Gasteiger partial charge is 0.253 e. The maximum atomic E-state index is 14.3. The highest BCUT2D eigenvalue weighted by Crippen LogP contribution is 2.33. The van der Waals surface area contributed by atoms with Crippen LogP contribution in [0.1, 0.15) is 15.9 Å². The van der Waals surface area contributed by atoms with E-state index in [-0.39, 0.29) is 18.0 Å². The minimum Gasteiger partial charge on any atom is -0.367 e. The normalized spacial score (nSPS) is 16.1. The quantitative estimate of drug-likeness (QED) is 0.572. The first-order chi connectivity index (χ1) is 16.9. The third-order valence-electron chi connectivity index (χ3n) is 6.59. The van der Waals surface area contributed by atoms with E-state index in [1.165, 1.54) is 0 Å². The summed E-state index contributed by atoms with van der Waals surface area (Å²) in [6.45, 7) is 4.39. The van der Waals surface area contributed by atoms with E-state index in [2.05, 4.69) is 15.2 Å². The molecule has 2 aliphatic rings. The molecule has 0 spiro atoms. The average Bonchev–Trinajstić information content (AvgIpc) is 2.87. The summed E-state index contributed by atoms with van der Waals surface area (Å²) in [7, 11) is 2.05. The molecule has 6 nitrogen and oxygen atoms in total. The van der Waals surface area contributed by atoms with Crippen molar-refractivity contribution in [2.45, 2.75) is 6.54 Å². The van der Waals surface area contributed by atoms with Crippen molar-refractivity contribution in [1.29, 1.82) is 0 Å². The summed E-state index contributed by atoms with van der Waals surface area (Å²) in [6.07, 6.45) is 1.74. The first-order valence-corrected chi connectivity index (χ1v) is 11.6. The van der Waals surface area contributed by atoms with Crippen LogP contribution >= 0.6 is 0 Å². The second kappa shape index (κ2) is 9.58. The lowest BCUT2D eigenvalue weighted by Gasteiger charge is -2.32. The van der Waals surface area contributed by atoms with Gasteiger partial charge in [-0.25, -0.2) is 18.2 Å². The van der Waals surface area contributed by atoms with Crippen LogP contribution in [0.25, 0.3) is 11.1 Å². The molecule has 2 aromatic carbocycles. The second-order valence-electron chi connectivity index (χ2n) is 8.97. The number of carbonyl (C=O) groups is 1. The average molecular weight is 482 g/mol. The second-order valence-corrected chi connectivity index (χ2v) is 8.97. The van der Waals surface area contributed by atoms with Crippen LogP contribution < -0.4 is 10.2 Å². The van der Waals surface area contributed by atoms with Gasteiger partial charge < -0.3 is 20.0 Å². The van der Waals surface area contributed by atoms with Crippen LogP contribution in [-0.4, -0.2) is 67.0 Å². The van der Waals surface area contributed by atoms with Gasteiger partial charge in [-0.2, -0.15) is 0 Å². The Hall–Kier alpha value is -3.59. The van der Waals surface area contributed by atoms with E-state index >= 15 is 0 Å². The molecule has 182 valence electrons. The van der Waals surface area contributed by atoms with Crippen molar-refractivity contribution in [3.05, 3.63) is 77.2 Å². The van der Waals surface area contributed by atoms with Crippen LogP contribution in [0.2, 0.25) is 0 Å². The van der Waals surface area contributed by atoms with Crippen molar-refractivity contribution in [3.8, 4) is 11.1 Å². The van der Waals surface area contributed by atoms with Gasteiger partial charge in [-0.05, 0) is 36.9 Å². The summed E-state index contributed by atoms with van der Waals surface area (Å²) >= 11 is 0. The molecular weight excluding hydrogens is 455 g/mol. The Morgan fingerprint density at radius 2 is 1.63 bits per heavy atom. The van der Waals surface area contributed by atoms with Gasteiger partial charge in [0.2, 0.25) is 0 Å². The lowest BCUT2D eigenvalue weighted by atomic mass is 10.0. The number of hydrogen-bond acceptors (Lipinski definition) is 5. The lowest BCUT2D eigenvalue weighted by Crippen LogP contribution is -2.47. The van der Waals surface area contributed by atoms with Crippen LogP contribution in [0.4, 0.5) is 24.7 Å². The zero-order chi connectivity index (χ0) is 24.5. The molecule has 0 bridgehead atoms. The summed E-state index contributed by atoms with van der Waals surface area (Å²) in [4.78, 5) is 23.3. The number of halogens is 3. The zero-order valence-corrected chi connectivity index (χ0v) is 19.4. The first-order valence-electron chi connectivity index (χ1n) is 11.6. The highest BCUT2D eigenvalue weighted by atomic mass is 19.2. The third-order valence-corrected chi connectivity index (χ3v) is 6.59. The highest BCUT2D eigenvalue weighted by molar-refractivity contribution is 5.95. The van der Waals surface area contributed by atoms with Gasteiger partial charge in [0.1, 0.15) is 11.6 Å². The van der Waals surface area contributed by atoms with E-state index in [9.17, 15) is 18.0 Å². The summed E-state index contributed by atoms with van der Waals surface area (Å²) < 4.78 is 41.3. The van der Waals surface area contributed by atoms with E-state index < -0.39 is 17.5 Å². The fourth-order valence-electron chi connectivity index (χ4n) is 4.47. The predicted molar refractivity (Wildman–Crippen MR) is 129 cm³/mol. The number of pyridine rings is 1. The van der Waals surface area contributed by atoms with E-state index in [4.69, 9.17) is 0 Å². The van der Waals surface area contributed by atoms with E-state index in [1.54, 1.807) is 6.20 Å². The summed E-state index contributed by atoms with van der Waals surface area (Å²) in [5, 5.41) is 3.22. The van der Waals surface area contributed by atoms with Gasteiger partial charge in [-0.15, -0.1) is 0 Å². The number of nitrogens with one attached hydrogen (secondary N) is 1. The Morgan fingerprint density at radius 1 is 0.914 bits per heavy atom. The minimum atomic E-state index is -1.20. The molecule has 0 atom stereocenters. The molecule has 0 radical (unpaired) electrons. The topological polar surface area (TPSA) is 51.7 Å². The molecule has 0 unspecified atom stereocenters. The summed E-state index contributed by atoms with van der Waals surface area (Å²) in [6, 6.07) is 10.8. The molecule has 9 heteroatoms. The van der Waals surface area contributed by atoms with Gasteiger partial charge in [-0.1, -0.05) is 12.1 Å². The number of nitrogens with zero attached hydrogens (tertiary/aromatic N) is 4. The molecular formula is C26H26F3N5O. The van der Waals surface area contributed by atoms with Gasteiger partial charge in [0.05, 0.1) is 5.69 Å². The molecule has 3 aromatic rings. The molecule has 0 saturated carbocycles. The van der Waals surface area contributed by atoms with Gasteiger partial charge in [-0.3, -0.25) is 4.79 Å². The summed E-state index contributed by atoms with van der Waals surface area (Å²) in [5.74, 6) is -2.39. The molecule has 1 fully saturated rings. The van der Waals surface area contributed by atoms with Crippen LogP contribution in [0.5, 0.6) is 0 Å². The Morgan fingerprint density at radius 3 is 2.37 bits per heavy atom. The predicted octanol–water partition coefficient (Wildman–Crippen LogP) is 3.99.